The van der Waals surface area contributed by atoms with Crippen LogP contribution in [0.25, 0.3) is 0 Å². The van der Waals surface area contributed by atoms with Crippen LogP contribution in [-0.4, -0.2) is 11.2 Å². The maximum absolute atomic E-state index is 9.37. The lowest BCUT2D eigenvalue weighted by Crippen LogP contribution is -2.29. The lowest BCUT2D eigenvalue weighted by Gasteiger charge is -2.37. The molecule has 0 aromatic heterocycles. The highest BCUT2D eigenvalue weighted by atomic mass is 16.3. The van der Waals surface area contributed by atoms with Crippen molar-refractivity contribution < 1.29 is 5.11 Å². The highest BCUT2D eigenvalue weighted by Crippen LogP contribution is 2.40. The Morgan fingerprint density at radius 1 is 1.17 bits per heavy atom. The van der Waals surface area contributed by atoms with Crippen molar-refractivity contribution in [2.24, 2.45) is 11.3 Å². The number of aliphatic hydroxyl groups excluding tert-OH is 1. The fraction of sp³-hybridized carbons (Fsp3) is 1.00. The van der Waals surface area contributed by atoms with E-state index in [9.17, 15) is 5.11 Å². The summed E-state index contributed by atoms with van der Waals surface area (Å²) in [6.45, 7) is 6.98. The summed E-state index contributed by atoms with van der Waals surface area (Å²) < 4.78 is 0. The van der Waals surface area contributed by atoms with Crippen molar-refractivity contribution in [2.75, 3.05) is 0 Å². The van der Waals surface area contributed by atoms with E-state index in [2.05, 4.69) is 20.8 Å². The lowest BCUT2D eigenvalue weighted by molar-refractivity contribution is 0.0639. The Morgan fingerprint density at radius 3 is 2.08 bits per heavy atom. The molecule has 72 valence electrons. The van der Waals surface area contributed by atoms with Crippen LogP contribution < -0.4 is 0 Å². The molecule has 0 heterocycles. The molecule has 1 nitrogen and oxygen atoms in total. The SMILES string of the molecule is CCC(C)(C)C1CCC(O)CC1. The highest BCUT2D eigenvalue weighted by molar-refractivity contribution is 4.82. The molecule has 1 rings (SSSR count). The van der Waals surface area contributed by atoms with Crippen LogP contribution in [0.15, 0.2) is 0 Å². The first-order chi connectivity index (χ1) is 5.56. The molecule has 0 aliphatic heterocycles. The molecule has 0 radical (unpaired) electrons. The lowest BCUT2D eigenvalue weighted by atomic mass is 9.69. The van der Waals surface area contributed by atoms with Crippen molar-refractivity contribution in [2.45, 2.75) is 59.0 Å². The van der Waals surface area contributed by atoms with E-state index in [1.165, 1.54) is 19.3 Å². The van der Waals surface area contributed by atoms with E-state index in [0.717, 1.165) is 18.8 Å². The smallest absolute Gasteiger partial charge is 0.0540 e. The van der Waals surface area contributed by atoms with Crippen molar-refractivity contribution in [1.82, 2.24) is 0 Å². The van der Waals surface area contributed by atoms with Gasteiger partial charge in [-0.2, -0.15) is 0 Å². The van der Waals surface area contributed by atoms with Gasteiger partial charge in [-0.05, 0) is 37.0 Å². The number of aliphatic hydroxyl groups is 1. The molecule has 1 aliphatic rings. The average Bonchev–Trinajstić information content (AvgIpc) is 2.05. The van der Waals surface area contributed by atoms with E-state index in [0.29, 0.717) is 5.41 Å². The standard InChI is InChI=1S/C11H22O/c1-4-11(2,3)9-5-7-10(12)8-6-9/h9-10,12H,4-8H2,1-3H3. The molecule has 12 heavy (non-hydrogen) atoms. The highest BCUT2D eigenvalue weighted by Gasteiger charge is 2.30. The predicted octanol–water partition coefficient (Wildman–Crippen LogP) is 2.97. The average molecular weight is 170 g/mol. The molecule has 1 heteroatoms. The van der Waals surface area contributed by atoms with Crippen molar-refractivity contribution in [1.29, 1.82) is 0 Å². The summed E-state index contributed by atoms with van der Waals surface area (Å²) in [7, 11) is 0. The largest absolute Gasteiger partial charge is 0.393 e. The minimum Gasteiger partial charge on any atom is -0.393 e. The molecule has 0 unspecified atom stereocenters. The normalized spacial score (nSPS) is 32.0. The summed E-state index contributed by atoms with van der Waals surface area (Å²) in [6.07, 6.45) is 5.74. The van der Waals surface area contributed by atoms with E-state index in [4.69, 9.17) is 0 Å². The van der Waals surface area contributed by atoms with Crippen molar-refractivity contribution >= 4 is 0 Å². The van der Waals surface area contributed by atoms with Gasteiger partial charge >= 0.3 is 0 Å². The molecule has 0 aromatic carbocycles. The zero-order chi connectivity index (χ0) is 9.19. The zero-order valence-electron chi connectivity index (χ0n) is 8.64. The van der Waals surface area contributed by atoms with Crippen LogP contribution in [0.4, 0.5) is 0 Å². The summed E-state index contributed by atoms with van der Waals surface area (Å²) in [5.41, 5.74) is 0.486. The summed E-state index contributed by atoms with van der Waals surface area (Å²) in [5.74, 6) is 0.839. The van der Waals surface area contributed by atoms with Gasteiger partial charge in [-0.3, -0.25) is 0 Å². The second kappa shape index (κ2) is 3.78. The van der Waals surface area contributed by atoms with Crippen LogP contribution in [-0.2, 0) is 0 Å². The monoisotopic (exact) mass is 170 g/mol. The predicted molar refractivity (Wildman–Crippen MR) is 52.0 cm³/mol. The van der Waals surface area contributed by atoms with E-state index in [-0.39, 0.29) is 6.10 Å². The van der Waals surface area contributed by atoms with Gasteiger partial charge in [0.05, 0.1) is 6.10 Å². The Balaban J connectivity index is 2.44. The molecule has 1 aliphatic carbocycles. The number of hydrogen-bond acceptors (Lipinski definition) is 1. The number of rotatable bonds is 2. The van der Waals surface area contributed by atoms with Crippen molar-refractivity contribution in [3.05, 3.63) is 0 Å². The van der Waals surface area contributed by atoms with Crippen LogP contribution in [0.5, 0.6) is 0 Å². The first-order valence-corrected chi connectivity index (χ1v) is 5.24. The maximum Gasteiger partial charge on any atom is 0.0540 e. The quantitative estimate of drug-likeness (QED) is 0.675. The molecule has 1 N–H and O–H groups in total. The first-order valence-electron chi connectivity index (χ1n) is 5.24. The summed E-state index contributed by atoms with van der Waals surface area (Å²) in [4.78, 5) is 0. The van der Waals surface area contributed by atoms with Crippen molar-refractivity contribution in [3.63, 3.8) is 0 Å². The summed E-state index contributed by atoms with van der Waals surface area (Å²) >= 11 is 0. The Bertz CT molecular complexity index is 132. The molecule has 0 aromatic rings. The minimum atomic E-state index is -0.00564. The molecule has 0 saturated heterocycles. The van der Waals surface area contributed by atoms with Gasteiger partial charge in [0.1, 0.15) is 0 Å². The molecular formula is C11H22O. The van der Waals surface area contributed by atoms with Gasteiger partial charge in [0.2, 0.25) is 0 Å². The van der Waals surface area contributed by atoms with Crippen molar-refractivity contribution in [3.8, 4) is 0 Å². The first kappa shape index (κ1) is 10.0. The third-order valence-corrected chi connectivity index (χ3v) is 3.71. The van der Waals surface area contributed by atoms with Crippen LogP contribution in [0.2, 0.25) is 0 Å². The molecule has 1 fully saturated rings. The molecule has 0 atom stereocenters. The van der Waals surface area contributed by atoms with E-state index in [1.54, 1.807) is 0 Å². The Kier molecular flexibility index (Phi) is 3.16. The fourth-order valence-electron chi connectivity index (χ4n) is 2.15. The Labute approximate surface area is 76.2 Å². The van der Waals surface area contributed by atoms with Crippen LogP contribution in [0, 0.1) is 11.3 Å². The van der Waals surface area contributed by atoms with E-state index >= 15 is 0 Å². The Hall–Kier alpha value is -0.0400. The van der Waals surface area contributed by atoms with Gasteiger partial charge in [0.15, 0.2) is 0 Å². The van der Waals surface area contributed by atoms with Crippen LogP contribution in [0.1, 0.15) is 52.9 Å². The summed E-state index contributed by atoms with van der Waals surface area (Å²) in [6, 6.07) is 0. The summed E-state index contributed by atoms with van der Waals surface area (Å²) in [5, 5.41) is 9.37. The maximum atomic E-state index is 9.37. The molecular weight excluding hydrogens is 148 g/mol. The third kappa shape index (κ3) is 2.22. The van der Waals surface area contributed by atoms with Crippen LogP contribution in [0.3, 0.4) is 0 Å². The molecule has 0 spiro atoms. The van der Waals surface area contributed by atoms with Gasteiger partial charge in [-0.25, -0.2) is 0 Å². The van der Waals surface area contributed by atoms with E-state index in [1.807, 2.05) is 0 Å². The second-order valence-corrected chi connectivity index (χ2v) is 4.85. The van der Waals surface area contributed by atoms with Gasteiger partial charge in [-0.15, -0.1) is 0 Å². The van der Waals surface area contributed by atoms with Gasteiger partial charge in [-0.1, -0.05) is 27.2 Å². The van der Waals surface area contributed by atoms with Crippen LogP contribution >= 0.6 is 0 Å². The molecule has 0 amide bonds. The topological polar surface area (TPSA) is 20.2 Å². The molecule has 0 bridgehead atoms. The molecule has 1 saturated carbocycles. The second-order valence-electron chi connectivity index (χ2n) is 4.85. The van der Waals surface area contributed by atoms with Gasteiger partial charge < -0.3 is 5.11 Å². The minimum absolute atomic E-state index is 0.00564. The van der Waals surface area contributed by atoms with Gasteiger partial charge in [0, 0.05) is 0 Å². The fourth-order valence-corrected chi connectivity index (χ4v) is 2.15. The van der Waals surface area contributed by atoms with E-state index < -0.39 is 0 Å². The van der Waals surface area contributed by atoms with Gasteiger partial charge in [0.25, 0.3) is 0 Å². The Morgan fingerprint density at radius 2 is 1.67 bits per heavy atom. The third-order valence-electron chi connectivity index (χ3n) is 3.71. The number of hydrogen-bond donors (Lipinski definition) is 1. The zero-order valence-corrected chi connectivity index (χ0v) is 8.64.